The number of rotatable bonds is 2. The maximum atomic E-state index is 6.05. The van der Waals surface area contributed by atoms with Crippen LogP contribution in [0.25, 0.3) is 10.6 Å². The number of nitrogens with two attached hydrogens (primary N) is 1. The first-order chi connectivity index (χ1) is 7.84. The predicted octanol–water partition coefficient (Wildman–Crippen LogP) is 3.66. The molecule has 1 aliphatic carbocycles. The highest BCUT2D eigenvalue weighted by Crippen LogP contribution is 2.42. The Morgan fingerprint density at radius 1 is 1.19 bits per heavy atom. The van der Waals surface area contributed by atoms with Crippen molar-refractivity contribution in [3.8, 4) is 10.6 Å². The van der Waals surface area contributed by atoms with E-state index < -0.39 is 0 Å². The summed E-state index contributed by atoms with van der Waals surface area (Å²) < 4.78 is 0. The SMILES string of the molecule is Nc1sc(-c2ccccc2)nc1C1CCC1. The molecule has 1 aliphatic rings. The van der Waals surface area contributed by atoms with Crippen molar-refractivity contribution in [2.75, 3.05) is 5.73 Å². The molecule has 0 unspecified atom stereocenters. The second-order valence-electron chi connectivity index (χ2n) is 4.26. The van der Waals surface area contributed by atoms with Gasteiger partial charge in [0.2, 0.25) is 0 Å². The van der Waals surface area contributed by atoms with E-state index >= 15 is 0 Å². The third-order valence-electron chi connectivity index (χ3n) is 3.19. The molecule has 0 saturated heterocycles. The molecule has 3 heteroatoms. The van der Waals surface area contributed by atoms with E-state index in [0.717, 1.165) is 15.7 Å². The van der Waals surface area contributed by atoms with Gasteiger partial charge in [0.1, 0.15) is 10.0 Å². The van der Waals surface area contributed by atoms with Crippen LogP contribution in [0.3, 0.4) is 0 Å². The third kappa shape index (κ3) is 1.61. The van der Waals surface area contributed by atoms with Crippen LogP contribution in [0.1, 0.15) is 30.9 Å². The van der Waals surface area contributed by atoms with Crippen LogP contribution < -0.4 is 5.73 Å². The third-order valence-corrected chi connectivity index (χ3v) is 4.14. The van der Waals surface area contributed by atoms with Crippen LogP contribution in [0.5, 0.6) is 0 Å². The fourth-order valence-electron chi connectivity index (χ4n) is 2.02. The summed E-state index contributed by atoms with van der Waals surface area (Å²) in [7, 11) is 0. The quantitative estimate of drug-likeness (QED) is 0.855. The summed E-state index contributed by atoms with van der Waals surface area (Å²) in [6.07, 6.45) is 3.83. The molecule has 0 bridgehead atoms. The Balaban J connectivity index is 1.97. The van der Waals surface area contributed by atoms with Crippen LogP contribution in [-0.4, -0.2) is 4.98 Å². The highest BCUT2D eigenvalue weighted by molar-refractivity contribution is 7.18. The fraction of sp³-hybridized carbons (Fsp3) is 0.308. The molecule has 82 valence electrons. The smallest absolute Gasteiger partial charge is 0.125 e. The molecular weight excluding hydrogens is 216 g/mol. The standard InChI is InChI=1S/C13H14N2S/c14-12-11(9-7-4-8-9)15-13(16-12)10-5-2-1-3-6-10/h1-3,5-6,9H,4,7-8,14H2. The van der Waals surface area contributed by atoms with Gasteiger partial charge in [-0.05, 0) is 12.8 Å². The Kier molecular flexibility index (Phi) is 2.40. The van der Waals surface area contributed by atoms with Gasteiger partial charge in [0.25, 0.3) is 0 Å². The lowest BCUT2D eigenvalue weighted by molar-refractivity contribution is 0.414. The molecule has 2 nitrogen and oxygen atoms in total. The van der Waals surface area contributed by atoms with Crippen molar-refractivity contribution in [3.63, 3.8) is 0 Å². The predicted molar refractivity (Wildman–Crippen MR) is 68.6 cm³/mol. The van der Waals surface area contributed by atoms with Crippen molar-refractivity contribution in [2.45, 2.75) is 25.2 Å². The van der Waals surface area contributed by atoms with Crippen LogP contribution in [0.2, 0.25) is 0 Å². The van der Waals surface area contributed by atoms with Crippen molar-refractivity contribution in [1.82, 2.24) is 4.98 Å². The number of anilines is 1. The Bertz CT molecular complexity index is 486. The number of benzene rings is 1. The first kappa shape index (κ1) is 9.85. The lowest BCUT2D eigenvalue weighted by Gasteiger charge is -2.23. The minimum absolute atomic E-state index is 0.619. The molecule has 1 aromatic carbocycles. The zero-order valence-electron chi connectivity index (χ0n) is 9.02. The molecule has 0 amide bonds. The Labute approximate surface area is 99.1 Å². The van der Waals surface area contributed by atoms with Gasteiger partial charge in [-0.1, -0.05) is 48.1 Å². The molecule has 2 aromatic rings. The first-order valence-electron chi connectivity index (χ1n) is 5.66. The Morgan fingerprint density at radius 3 is 2.56 bits per heavy atom. The molecule has 1 saturated carbocycles. The largest absolute Gasteiger partial charge is 0.389 e. The second-order valence-corrected chi connectivity index (χ2v) is 5.29. The highest BCUT2D eigenvalue weighted by atomic mass is 32.1. The zero-order valence-corrected chi connectivity index (χ0v) is 9.83. The zero-order chi connectivity index (χ0) is 11.0. The number of hydrogen-bond acceptors (Lipinski definition) is 3. The van der Waals surface area contributed by atoms with Gasteiger partial charge in [-0.25, -0.2) is 4.98 Å². The van der Waals surface area contributed by atoms with E-state index in [1.165, 1.54) is 24.8 Å². The molecular formula is C13H14N2S. The van der Waals surface area contributed by atoms with Gasteiger partial charge in [0, 0.05) is 11.5 Å². The molecule has 16 heavy (non-hydrogen) atoms. The molecule has 3 rings (SSSR count). The molecule has 1 heterocycles. The van der Waals surface area contributed by atoms with Gasteiger partial charge < -0.3 is 5.73 Å². The van der Waals surface area contributed by atoms with Crippen LogP contribution in [0.15, 0.2) is 30.3 Å². The van der Waals surface area contributed by atoms with Crippen molar-refractivity contribution >= 4 is 16.3 Å². The van der Waals surface area contributed by atoms with Crippen LogP contribution in [0.4, 0.5) is 5.00 Å². The summed E-state index contributed by atoms with van der Waals surface area (Å²) >= 11 is 1.61. The van der Waals surface area contributed by atoms with E-state index in [1.807, 2.05) is 18.2 Å². The van der Waals surface area contributed by atoms with Gasteiger partial charge in [-0.2, -0.15) is 0 Å². The number of nitrogen functional groups attached to an aromatic ring is 1. The highest BCUT2D eigenvalue weighted by Gasteiger charge is 2.25. The lowest BCUT2D eigenvalue weighted by Crippen LogP contribution is -2.10. The minimum Gasteiger partial charge on any atom is -0.389 e. The van der Waals surface area contributed by atoms with Gasteiger partial charge >= 0.3 is 0 Å². The lowest BCUT2D eigenvalue weighted by atomic mass is 9.83. The number of thiazole rings is 1. The minimum atomic E-state index is 0.619. The van der Waals surface area contributed by atoms with Gasteiger partial charge in [0.15, 0.2) is 0 Å². The van der Waals surface area contributed by atoms with Crippen LogP contribution in [0, 0.1) is 0 Å². The number of aromatic nitrogens is 1. The maximum absolute atomic E-state index is 6.05. The van der Waals surface area contributed by atoms with Crippen molar-refractivity contribution < 1.29 is 0 Å². The first-order valence-corrected chi connectivity index (χ1v) is 6.48. The summed E-state index contributed by atoms with van der Waals surface area (Å²) in [4.78, 5) is 4.70. The average molecular weight is 230 g/mol. The van der Waals surface area contributed by atoms with Crippen LogP contribution >= 0.6 is 11.3 Å². The molecule has 2 N–H and O–H groups in total. The fourth-order valence-corrected chi connectivity index (χ4v) is 2.95. The van der Waals surface area contributed by atoms with Crippen molar-refractivity contribution in [1.29, 1.82) is 0 Å². The van der Waals surface area contributed by atoms with E-state index in [9.17, 15) is 0 Å². The Hall–Kier alpha value is -1.35. The Morgan fingerprint density at radius 2 is 1.94 bits per heavy atom. The normalized spacial score (nSPS) is 16.0. The maximum Gasteiger partial charge on any atom is 0.125 e. The van der Waals surface area contributed by atoms with E-state index in [-0.39, 0.29) is 0 Å². The average Bonchev–Trinajstić information content (AvgIpc) is 2.60. The monoisotopic (exact) mass is 230 g/mol. The summed E-state index contributed by atoms with van der Waals surface area (Å²) in [5.74, 6) is 0.619. The summed E-state index contributed by atoms with van der Waals surface area (Å²) in [5, 5.41) is 1.96. The summed E-state index contributed by atoms with van der Waals surface area (Å²) in [5.41, 5.74) is 8.35. The van der Waals surface area contributed by atoms with Crippen molar-refractivity contribution in [2.24, 2.45) is 0 Å². The molecule has 0 aliphatic heterocycles. The second kappa shape index (κ2) is 3.91. The topological polar surface area (TPSA) is 38.9 Å². The van der Waals surface area contributed by atoms with Gasteiger partial charge in [0.05, 0.1) is 5.69 Å². The molecule has 0 atom stereocenters. The van der Waals surface area contributed by atoms with Gasteiger partial charge in [-0.3, -0.25) is 0 Å². The van der Waals surface area contributed by atoms with E-state index in [0.29, 0.717) is 5.92 Å². The van der Waals surface area contributed by atoms with Gasteiger partial charge in [-0.15, -0.1) is 0 Å². The van der Waals surface area contributed by atoms with Crippen molar-refractivity contribution in [3.05, 3.63) is 36.0 Å². The number of nitrogens with zero attached hydrogens (tertiary/aromatic N) is 1. The molecule has 1 fully saturated rings. The van der Waals surface area contributed by atoms with E-state index in [4.69, 9.17) is 10.7 Å². The summed E-state index contributed by atoms with van der Waals surface area (Å²) in [6.45, 7) is 0. The van der Waals surface area contributed by atoms with E-state index in [1.54, 1.807) is 11.3 Å². The molecule has 0 spiro atoms. The van der Waals surface area contributed by atoms with E-state index in [2.05, 4.69) is 12.1 Å². The van der Waals surface area contributed by atoms with Crippen LogP contribution in [-0.2, 0) is 0 Å². The summed E-state index contributed by atoms with van der Waals surface area (Å²) in [6, 6.07) is 10.3. The molecule has 1 aromatic heterocycles. The molecule has 0 radical (unpaired) electrons. The number of hydrogen-bond donors (Lipinski definition) is 1.